The number of carbonyl (C=O) groups is 3. The number of aliphatic hydroxyl groups excluding tert-OH is 10. The van der Waals surface area contributed by atoms with Crippen LogP contribution >= 0.6 is 0 Å². The van der Waals surface area contributed by atoms with Crippen molar-refractivity contribution in [3.05, 3.63) is 0 Å². The smallest absolute Gasteiger partial charge is 0.364 e. The lowest BCUT2D eigenvalue weighted by Gasteiger charge is -2.49. The van der Waals surface area contributed by atoms with Crippen molar-refractivity contribution >= 4 is 17.9 Å². The van der Waals surface area contributed by atoms with Crippen LogP contribution in [0.2, 0.25) is 0 Å². The molecule has 22 heteroatoms. The fourth-order valence-corrected chi connectivity index (χ4v) is 6.66. The second-order valence-electron chi connectivity index (χ2n) is 13.7. The quantitative estimate of drug-likeness (QED) is 0.0695. The Morgan fingerprint density at radius 1 is 0.596 bits per heavy atom. The zero-order valence-electron chi connectivity index (χ0n) is 28.4. The second-order valence-corrected chi connectivity index (χ2v) is 13.7. The number of ether oxygens (including phenoxy) is 5. The predicted octanol–water partition coefficient (Wildman–Crippen LogP) is -6.13. The van der Waals surface area contributed by atoms with Crippen LogP contribution in [0.5, 0.6) is 0 Å². The molecule has 3 heterocycles. The van der Waals surface area contributed by atoms with Gasteiger partial charge in [0.05, 0.1) is 56.4 Å². The third kappa shape index (κ3) is 8.67. The molecule has 3 aliphatic heterocycles. The fourth-order valence-electron chi connectivity index (χ4n) is 6.66. The number of hydrogen-bond acceptors (Lipinski definition) is 19. The van der Waals surface area contributed by atoms with Crippen LogP contribution in [0.1, 0.15) is 40.0 Å². The van der Waals surface area contributed by atoms with Gasteiger partial charge in [0, 0.05) is 37.0 Å². The minimum absolute atomic E-state index is 0.810. The van der Waals surface area contributed by atoms with E-state index in [2.05, 4.69) is 0 Å². The van der Waals surface area contributed by atoms with Crippen LogP contribution in [0, 0.1) is 17.8 Å². The van der Waals surface area contributed by atoms with Gasteiger partial charge in [0.1, 0.15) is 36.6 Å². The Labute approximate surface area is 295 Å². The highest BCUT2D eigenvalue weighted by atomic mass is 16.8. The van der Waals surface area contributed by atoms with Crippen molar-refractivity contribution in [1.29, 1.82) is 0 Å². The lowest BCUT2D eigenvalue weighted by atomic mass is 9.83. The van der Waals surface area contributed by atoms with Crippen LogP contribution in [-0.4, -0.2) is 200 Å². The molecule has 22 nitrogen and oxygen atoms in total. The summed E-state index contributed by atoms with van der Waals surface area (Å²) in [7, 11) is 0. The largest absolute Gasteiger partial charge is 0.477 e. The van der Waals surface area contributed by atoms with Gasteiger partial charge in [0.25, 0.3) is 17.4 Å². The third-order valence-electron chi connectivity index (χ3n) is 10.2. The van der Waals surface area contributed by atoms with Gasteiger partial charge in [-0.2, -0.15) is 0 Å². The van der Waals surface area contributed by atoms with E-state index in [1.165, 1.54) is 20.8 Å². The number of rotatable bonds is 16. The van der Waals surface area contributed by atoms with Crippen LogP contribution in [0.4, 0.5) is 0 Å². The minimum atomic E-state index is -3.04. The zero-order valence-corrected chi connectivity index (χ0v) is 28.4. The van der Waals surface area contributed by atoms with Gasteiger partial charge >= 0.3 is 17.9 Å². The third-order valence-corrected chi connectivity index (χ3v) is 10.2. The van der Waals surface area contributed by atoms with Crippen LogP contribution < -0.4 is 0 Å². The van der Waals surface area contributed by atoms with Crippen molar-refractivity contribution in [3.8, 4) is 0 Å². The average molecular weight is 763 g/mol. The molecule has 0 spiro atoms. The van der Waals surface area contributed by atoms with E-state index < -0.39 is 165 Å². The van der Waals surface area contributed by atoms with Crippen LogP contribution in [-0.2, 0) is 38.1 Å². The SMILES string of the molecule is C[C@H]1C([C@H](O)C(CO)O[C@]2(C(=O)O)C[C@@H](O)[C@@H](C)C([C@H](O)[C@H](O)CO)O2)O[C@@](O[C@H](CO)[C@@H](O)C2O[C@@](O)(C(=O)O)C[C@@H](O)[C@H]2C)(C(=O)O)C[C@H]1O. The number of carboxylic acids is 3. The summed E-state index contributed by atoms with van der Waals surface area (Å²) in [5, 5.41) is 145. The molecular weight excluding hydrogens is 712 g/mol. The Bertz CT molecular complexity index is 1240. The van der Waals surface area contributed by atoms with Gasteiger partial charge in [-0.15, -0.1) is 0 Å². The average Bonchev–Trinajstić information content (AvgIpc) is 3.09. The van der Waals surface area contributed by atoms with E-state index >= 15 is 0 Å². The summed E-state index contributed by atoms with van der Waals surface area (Å²) in [4.78, 5) is 36.9. The monoisotopic (exact) mass is 762 g/mol. The molecule has 3 aliphatic rings. The molecule has 0 aromatic heterocycles. The molecule has 4 unspecified atom stereocenters. The molecule has 0 aromatic carbocycles. The van der Waals surface area contributed by atoms with Crippen LogP contribution in [0.15, 0.2) is 0 Å². The van der Waals surface area contributed by atoms with E-state index in [0.717, 1.165) is 0 Å². The first-order valence-electron chi connectivity index (χ1n) is 16.5. The Balaban J connectivity index is 1.94. The Morgan fingerprint density at radius 2 is 0.942 bits per heavy atom. The van der Waals surface area contributed by atoms with E-state index in [4.69, 9.17) is 23.7 Å². The number of aliphatic hydroxyl groups is 11. The van der Waals surface area contributed by atoms with Gasteiger partial charge in [0.15, 0.2) is 0 Å². The molecule has 302 valence electrons. The molecule has 0 aliphatic carbocycles. The summed E-state index contributed by atoms with van der Waals surface area (Å²) in [6.07, 6.45) is -25.3. The van der Waals surface area contributed by atoms with E-state index in [0.29, 0.717) is 0 Å². The molecular formula is C30H50O22. The fraction of sp³-hybridized carbons (Fsp3) is 0.900. The van der Waals surface area contributed by atoms with Gasteiger partial charge < -0.3 is 95.2 Å². The lowest BCUT2D eigenvalue weighted by molar-refractivity contribution is -0.362. The van der Waals surface area contributed by atoms with Crippen molar-refractivity contribution in [2.75, 3.05) is 19.8 Å². The molecule has 0 radical (unpaired) electrons. The molecule has 0 aromatic rings. The molecule has 14 N–H and O–H groups in total. The molecule has 18 atom stereocenters. The maximum Gasteiger partial charge on any atom is 0.364 e. The molecule has 0 amide bonds. The Hall–Kier alpha value is -2.23. The summed E-state index contributed by atoms with van der Waals surface area (Å²) in [5.41, 5.74) is 0. The van der Waals surface area contributed by atoms with Crippen molar-refractivity contribution in [2.45, 2.75) is 131 Å². The minimum Gasteiger partial charge on any atom is -0.477 e. The van der Waals surface area contributed by atoms with Crippen LogP contribution in [0.3, 0.4) is 0 Å². The molecule has 3 fully saturated rings. The summed E-state index contributed by atoms with van der Waals surface area (Å²) < 4.78 is 27.4. The number of aliphatic carboxylic acids is 3. The molecule has 0 saturated carbocycles. The van der Waals surface area contributed by atoms with Crippen molar-refractivity contribution in [2.24, 2.45) is 17.8 Å². The van der Waals surface area contributed by atoms with Crippen molar-refractivity contribution < 1.29 is 110 Å². The first-order valence-corrected chi connectivity index (χ1v) is 16.5. The molecule has 0 bridgehead atoms. The summed E-state index contributed by atoms with van der Waals surface area (Å²) in [5.74, 6) is -18.2. The number of hydrogen-bond donors (Lipinski definition) is 14. The van der Waals surface area contributed by atoms with Gasteiger partial charge in [-0.1, -0.05) is 20.8 Å². The molecule has 3 saturated heterocycles. The summed E-state index contributed by atoms with van der Waals surface area (Å²) in [6, 6.07) is 0. The zero-order chi connectivity index (χ0) is 39.7. The standard InChI is InChI=1S/C30H50O22/c1-10-13(34)4-28(47,25(41)42)50-23(10)20(39)17(8-32)48-30(27(45)46)6-15(36)12(3)24(52-30)21(40)18(9-33)49-29(26(43)44)5-14(35)11(2)22(51-29)19(38)16(37)7-31/h10-24,31-40,47H,4-9H2,1-3H3,(H,41,42)(H,43,44)(H,45,46)/t10-,11-,12-,13-,14-,15-,16-,17-,18?,19-,20-,21-,22?,23?,24?,28-,29-,30-/m1/s1. The van der Waals surface area contributed by atoms with Gasteiger partial charge in [-0.3, -0.25) is 0 Å². The number of carboxylic acid groups (broad SMARTS) is 3. The van der Waals surface area contributed by atoms with Crippen LogP contribution in [0.25, 0.3) is 0 Å². The highest BCUT2D eigenvalue weighted by molar-refractivity contribution is 5.77. The first kappa shape index (κ1) is 44.2. The Morgan fingerprint density at radius 3 is 1.27 bits per heavy atom. The van der Waals surface area contributed by atoms with Gasteiger partial charge in [-0.05, 0) is 0 Å². The van der Waals surface area contributed by atoms with Crippen molar-refractivity contribution in [1.82, 2.24) is 0 Å². The van der Waals surface area contributed by atoms with E-state index in [-0.39, 0.29) is 0 Å². The highest BCUT2D eigenvalue weighted by Crippen LogP contribution is 2.42. The maximum absolute atomic E-state index is 12.7. The van der Waals surface area contributed by atoms with Gasteiger partial charge in [0.2, 0.25) is 0 Å². The lowest BCUT2D eigenvalue weighted by Crippen LogP contribution is -2.66. The van der Waals surface area contributed by atoms with E-state index in [1.807, 2.05) is 0 Å². The second kappa shape index (κ2) is 17.1. The topological polar surface area (TPSA) is 381 Å². The first-order chi connectivity index (χ1) is 24.0. The van der Waals surface area contributed by atoms with E-state index in [9.17, 15) is 85.9 Å². The Kier molecular flexibility index (Phi) is 14.5. The van der Waals surface area contributed by atoms with E-state index in [1.54, 1.807) is 0 Å². The van der Waals surface area contributed by atoms with Gasteiger partial charge in [-0.25, -0.2) is 14.4 Å². The van der Waals surface area contributed by atoms with Crippen molar-refractivity contribution in [3.63, 3.8) is 0 Å². The molecule has 52 heavy (non-hydrogen) atoms. The predicted molar refractivity (Wildman–Crippen MR) is 162 cm³/mol. The highest BCUT2D eigenvalue weighted by Gasteiger charge is 2.60. The molecule has 3 rings (SSSR count). The summed E-state index contributed by atoms with van der Waals surface area (Å²) >= 11 is 0. The normalized spacial score (nSPS) is 42.0. The summed E-state index contributed by atoms with van der Waals surface area (Å²) in [6.45, 7) is 0.465. The maximum atomic E-state index is 12.7.